The van der Waals surface area contributed by atoms with Crippen LogP contribution < -0.4 is 4.74 Å². The lowest BCUT2D eigenvalue weighted by Gasteiger charge is -2.32. The van der Waals surface area contributed by atoms with Crippen molar-refractivity contribution in [3.63, 3.8) is 0 Å². The number of amides is 1. The van der Waals surface area contributed by atoms with E-state index in [4.69, 9.17) is 4.74 Å². The molecule has 1 amide bonds. The Morgan fingerprint density at radius 1 is 1.58 bits per heavy atom. The summed E-state index contributed by atoms with van der Waals surface area (Å²) in [6.07, 6.45) is 6.60. The maximum atomic E-state index is 12.0. The molecule has 19 heavy (non-hydrogen) atoms. The summed E-state index contributed by atoms with van der Waals surface area (Å²) in [6, 6.07) is 1.74. The van der Waals surface area contributed by atoms with Crippen LogP contribution in [0, 0.1) is 0 Å². The van der Waals surface area contributed by atoms with E-state index in [1.165, 1.54) is 6.33 Å². The van der Waals surface area contributed by atoms with Crippen molar-refractivity contribution in [2.45, 2.75) is 31.8 Å². The number of aromatic nitrogens is 2. The monoisotopic (exact) mass is 327 g/mol. The van der Waals surface area contributed by atoms with Gasteiger partial charge in [-0.2, -0.15) is 0 Å². The Balaban J connectivity index is 1.85. The Morgan fingerprint density at radius 2 is 2.47 bits per heavy atom. The van der Waals surface area contributed by atoms with Crippen LogP contribution in [0.4, 0.5) is 0 Å². The van der Waals surface area contributed by atoms with Gasteiger partial charge < -0.3 is 9.64 Å². The van der Waals surface area contributed by atoms with Crippen LogP contribution in [0.15, 0.2) is 18.6 Å². The van der Waals surface area contributed by atoms with Gasteiger partial charge in [-0.25, -0.2) is 9.97 Å². The van der Waals surface area contributed by atoms with E-state index in [2.05, 4.69) is 25.9 Å². The van der Waals surface area contributed by atoms with Gasteiger partial charge in [0.25, 0.3) is 0 Å². The minimum Gasteiger partial charge on any atom is -0.472 e. The lowest BCUT2D eigenvalue weighted by molar-refractivity contribution is -0.133. The van der Waals surface area contributed by atoms with Gasteiger partial charge in [0.05, 0.1) is 6.54 Å². The van der Waals surface area contributed by atoms with Crippen LogP contribution in [0.3, 0.4) is 0 Å². The summed E-state index contributed by atoms with van der Waals surface area (Å²) in [5.41, 5.74) is 0. The first-order valence-corrected chi connectivity index (χ1v) is 7.68. The molecule has 0 spiro atoms. The molecule has 1 unspecified atom stereocenters. The molecule has 1 fully saturated rings. The van der Waals surface area contributed by atoms with Crippen LogP contribution in [-0.2, 0) is 4.79 Å². The number of likely N-dealkylation sites (tertiary alicyclic amines) is 1. The van der Waals surface area contributed by atoms with Crippen LogP contribution in [0.5, 0.6) is 5.88 Å². The van der Waals surface area contributed by atoms with Crippen molar-refractivity contribution >= 4 is 21.8 Å². The van der Waals surface area contributed by atoms with Crippen LogP contribution in [0.1, 0.15) is 25.7 Å². The Hall–Kier alpha value is -1.17. The van der Waals surface area contributed by atoms with E-state index in [0.29, 0.717) is 18.8 Å². The number of carbonyl (C=O) groups is 1. The largest absolute Gasteiger partial charge is 0.472 e. The lowest BCUT2D eigenvalue weighted by Crippen LogP contribution is -2.44. The molecule has 0 radical (unpaired) electrons. The summed E-state index contributed by atoms with van der Waals surface area (Å²) in [5, 5.41) is 0.868. The molecule has 104 valence electrons. The minimum absolute atomic E-state index is 0.0385. The number of piperidine rings is 1. The summed E-state index contributed by atoms with van der Waals surface area (Å²) in [5.74, 6) is 0.796. The molecule has 2 rings (SSSR count). The van der Waals surface area contributed by atoms with Gasteiger partial charge in [0.15, 0.2) is 0 Å². The Morgan fingerprint density at radius 3 is 3.21 bits per heavy atom. The summed E-state index contributed by atoms with van der Waals surface area (Å²) >= 11 is 3.35. The Labute approximate surface area is 121 Å². The predicted molar refractivity (Wildman–Crippen MR) is 75.3 cm³/mol. The number of ether oxygens (including phenoxy) is 1. The Kier molecular flexibility index (Phi) is 5.57. The normalized spacial score (nSPS) is 19.2. The average molecular weight is 328 g/mol. The van der Waals surface area contributed by atoms with Crippen LogP contribution in [-0.4, -0.2) is 45.3 Å². The molecule has 0 bridgehead atoms. The zero-order chi connectivity index (χ0) is 13.5. The van der Waals surface area contributed by atoms with Gasteiger partial charge in [-0.3, -0.25) is 4.79 Å². The smallest absolute Gasteiger partial charge is 0.222 e. The van der Waals surface area contributed by atoms with Gasteiger partial charge in [-0.1, -0.05) is 15.9 Å². The zero-order valence-electron chi connectivity index (χ0n) is 10.8. The van der Waals surface area contributed by atoms with Crippen LogP contribution >= 0.6 is 15.9 Å². The molecular weight excluding hydrogens is 310 g/mol. The fourth-order valence-electron chi connectivity index (χ4n) is 2.16. The summed E-state index contributed by atoms with van der Waals surface area (Å²) < 4.78 is 5.79. The first-order chi connectivity index (χ1) is 9.29. The van der Waals surface area contributed by atoms with E-state index < -0.39 is 0 Å². The average Bonchev–Trinajstić information content (AvgIpc) is 2.46. The molecule has 0 saturated carbocycles. The van der Waals surface area contributed by atoms with Crippen molar-refractivity contribution in [2.75, 3.05) is 18.4 Å². The number of halogens is 1. The first-order valence-electron chi connectivity index (χ1n) is 6.56. The van der Waals surface area contributed by atoms with Gasteiger partial charge in [-0.15, -0.1) is 0 Å². The fourth-order valence-corrected chi connectivity index (χ4v) is 2.44. The number of rotatable bonds is 5. The molecule has 0 aromatic carbocycles. The van der Waals surface area contributed by atoms with E-state index in [1.807, 2.05) is 4.90 Å². The number of nitrogens with zero attached hydrogens (tertiary/aromatic N) is 3. The van der Waals surface area contributed by atoms with Crippen molar-refractivity contribution in [3.8, 4) is 5.88 Å². The number of hydrogen-bond acceptors (Lipinski definition) is 4. The van der Waals surface area contributed by atoms with E-state index in [1.54, 1.807) is 12.3 Å². The summed E-state index contributed by atoms with van der Waals surface area (Å²) in [6.45, 7) is 1.50. The number of alkyl halides is 1. The maximum absolute atomic E-state index is 12.0. The summed E-state index contributed by atoms with van der Waals surface area (Å²) in [4.78, 5) is 21.8. The van der Waals surface area contributed by atoms with Gasteiger partial charge in [-0.05, 0) is 19.3 Å². The van der Waals surface area contributed by atoms with Gasteiger partial charge in [0.2, 0.25) is 11.8 Å². The molecular formula is C13H18BrN3O2. The van der Waals surface area contributed by atoms with E-state index in [-0.39, 0.29) is 12.0 Å². The molecule has 2 heterocycles. The SMILES string of the molecule is O=C(CCCBr)N1CCCC(Oc2ccncn2)C1. The van der Waals surface area contributed by atoms with Crippen molar-refractivity contribution in [1.29, 1.82) is 0 Å². The Bertz CT molecular complexity index is 402. The highest BCUT2D eigenvalue weighted by Crippen LogP contribution is 2.17. The van der Waals surface area contributed by atoms with E-state index in [9.17, 15) is 4.79 Å². The third kappa shape index (κ3) is 4.45. The number of hydrogen-bond donors (Lipinski definition) is 0. The molecule has 1 atom stereocenters. The van der Waals surface area contributed by atoms with E-state index in [0.717, 1.165) is 31.1 Å². The highest BCUT2D eigenvalue weighted by Gasteiger charge is 2.24. The molecule has 1 aliphatic heterocycles. The summed E-state index contributed by atoms with van der Waals surface area (Å²) in [7, 11) is 0. The van der Waals surface area contributed by atoms with Crippen molar-refractivity contribution in [2.24, 2.45) is 0 Å². The van der Waals surface area contributed by atoms with Crippen LogP contribution in [0.25, 0.3) is 0 Å². The highest BCUT2D eigenvalue weighted by molar-refractivity contribution is 9.09. The lowest BCUT2D eigenvalue weighted by atomic mass is 10.1. The third-order valence-electron chi connectivity index (χ3n) is 3.10. The van der Waals surface area contributed by atoms with Gasteiger partial charge in [0, 0.05) is 30.6 Å². The van der Waals surface area contributed by atoms with Crippen molar-refractivity contribution < 1.29 is 9.53 Å². The second-order valence-corrected chi connectivity index (χ2v) is 5.35. The van der Waals surface area contributed by atoms with Gasteiger partial charge in [0.1, 0.15) is 12.4 Å². The molecule has 1 saturated heterocycles. The van der Waals surface area contributed by atoms with Crippen LogP contribution in [0.2, 0.25) is 0 Å². The zero-order valence-corrected chi connectivity index (χ0v) is 12.4. The predicted octanol–water partition coefficient (Wildman–Crippen LogP) is 2.02. The minimum atomic E-state index is 0.0385. The van der Waals surface area contributed by atoms with Crippen molar-refractivity contribution in [3.05, 3.63) is 18.6 Å². The number of carbonyl (C=O) groups excluding carboxylic acids is 1. The molecule has 1 aromatic heterocycles. The highest BCUT2D eigenvalue weighted by atomic mass is 79.9. The maximum Gasteiger partial charge on any atom is 0.222 e. The van der Waals surface area contributed by atoms with E-state index >= 15 is 0 Å². The molecule has 6 heteroatoms. The first kappa shape index (κ1) is 14.2. The second kappa shape index (κ2) is 7.43. The quantitative estimate of drug-likeness (QED) is 0.776. The molecule has 1 aromatic rings. The standard InChI is InChI=1S/C13H18BrN3O2/c14-6-1-4-13(18)17-8-2-3-11(9-17)19-12-5-7-15-10-16-12/h5,7,10-11H,1-4,6,8-9H2. The third-order valence-corrected chi connectivity index (χ3v) is 3.66. The molecule has 5 nitrogen and oxygen atoms in total. The molecule has 0 N–H and O–H groups in total. The second-order valence-electron chi connectivity index (χ2n) is 4.56. The fraction of sp³-hybridized carbons (Fsp3) is 0.615. The van der Waals surface area contributed by atoms with Gasteiger partial charge >= 0.3 is 0 Å². The topological polar surface area (TPSA) is 55.3 Å². The molecule has 1 aliphatic rings. The van der Waals surface area contributed by atoms with Crippen molar-refractivity contribution in [1.82, 2.24) is 14.9 Å². The molecule has 0 aliphatic carbocycles.